The van der Waals surface area contributed by atoms with E-state index in [0.29, 0.717) is 11.5 Å². The van der Waals surface area contributed by atoms with Crippen LogP contribution in [0.25, 0.3) is 10.8 Å². The highest BCUT2D eigenvalue weighted by molar-refractivity contribution is 5.88. The molecule has 1 aromatic heterocycles. The van der Waals surface area contributed by atoms with Gasteiger partial charge in [0, 0.05) is 17.8 Å². The third-order valence-electron chi connectivity index (χ3n) is 4.18. The van der Waals surface area contributed by atoms with Gasteiger partial charge in [0.25, 0.3) is 0 Å². The lowest BCUT2D eigenvalue weighted by Gasteiger charge is -2.12. The summed E-state index contributed by atoms with van der Waals surface area (Å²) < 4.78 is 21.6. The number of hydrogen-bond acceptors (Lipinski definition) is 5. The molecule has 1 aliphatic rings. The fourth-order valence-corrected chi connectivity index (χ4v) is 2.97. The Kier molecular flexibility index (Phi) is 3.61. The van der Waals surface area contributed by atoms with Gasteiger partial charge in [-0.25, -0.2) is 0 Å². The number of pyridine rings is 1. The van der Waals surface area contributed by atoms with Crippen LogP contribution in [-0.4, -0.2) is 26.0 Å². The first kappa shape index (κ1) is 14.6. The van der Waals surface area contributed by atoms with E-state index in [-0.39, 0.29) is 6.79 Å². The molecular weight excluding hydrogens is 306 g/mol. The Morgan fingerprint density at radius 3 is 2.58 bits per heavy atom. The lowest BCUT2D eigenvalue weighted by Crippen LogP contribution is -1.95. The zero-order valence-electron chi connectivity index (χ0n) is 13.5. The van der Waals surface area contributed by atoms with E-state index in [4.69, 9.17) is 18.9 Å². The van der Waals surface area contributed by atoms with Crippen molar-refractivity contribution in [2.75, 3.05) is 21.0 Å². The standard InChI is InChI=1S/C19H17NO4/c1-21-17-7-14-10-20-9-13(15(14)8-18(17)22-2)5-12-3-4-16-19(6-12)24-11-23-16/h3-4,6-10H,5,11H2,1-2H3. The van der Waals surface area contributed by atoms with Gasteiger partial charge in [0.05, 0.1) is 14.2 Å². The van der Waals surface area contributed by atoms with Gasteiger partial charge in [-0.05, 0) is 47.2 Å². The Morgan fingerprint density at radius 1 is 0.958 bits per heavy atom. The highest BCUT2D eigenvalue weighted by atomic mass is 16.7. The van der Waals surface area contributed by atoms with Crippen molar-refractivity contribution in [1.82, 2.24) is 4.98 Å². The van der Waals surface area contributed by atoms with E-state index >= 15 is 0 Å². The quantitative estimate of drug-likeness (QED) is 0.734. The number of fused-ring (bicyclic) bond motifs is 2. The molecule has 0 fully saturated rings. The van der Waals surface area contributed by atoms with Crippen LogP contribution in [0.15, 0.2) is 42.7 Å². The molecule has 0 N–H and O–H groups in total. The van der Waals surface area contributed by atoms with Crippen LogP contribution in [0.5, 0.6) is 23.0 Å². The molecule has 1 aliphatic heterocycles. The van der Waals surface area contributed by atoms with Gasteiger partial charge < -0.3 is 18.9 Å². The first-order valence-electron chi connectivity index (χ1n) is 7.65. The molecule has 122 valence electrons. The van der Waals surface area contributed by atoms with Crippen LogP contribution in [-0.2, 0) is 6.42 Å². The summed E-state index contributed by atoms with van der Waals surface area (Å²) in [6.45, 7) is 0.283. The van der Waals surface area contributed by atoms with Crippen LogP contribution in [0.2, 0.25) is 0 Å². The van der Waals surface area contributed by atoms with Gasteiger partial charge in [0.15, 0.2) is 23.0 Å². The van der Waals surface area contributed by atoms with Crippen molar-refractivity contribution in [3.05, 3.63) is 53.9 Å². The minimum atomic E-state index is 0.283. The number of aromatic nitrogens is 1. The van der Waals surface area contributed by atoms with Crippen LogP contribution in [0, 0.1) is 0 Å². The number of nitrogens with zero attached hydrogens (tertiary/aromatic N) is 1. The second-order valence-corrected chi connectivity index (χ2v) is 5.59. The largest absolute Gasteiger partial charge is 0.493 e. The van der Waals surface area contributed by atoms with Gasteiger partial charge in [-0.1, -0.05) is 6.07 Å². The molecule has 0 bridgehead atoms. The van der Waals surface area contributed by atoms with Crippen molar-refractivity contribution < 1.29 is 18.9 Å². The summed E-state index contributed by atoms with van der Waals surface area (Å²) in [6, 6.07) is 9.96. The van der Waals surface area contributed by atoms with Gasteiger partial charge in [-0.2, -0.15) is 0 Å². The molecule has 0 spiro atoms. The number of methoxy groups -OCH3 is 2. The summed E-state index contributed by atoms with van der Waals surface area (Å²) in [5.74, 6) is 3.00. The first-order chi connectivity index (χ1) is 11.8. The summed E-state index contributed by atoms with van der Waals surface area (Å²) in [4.78, 5) is 4.36. The highest BCUT2D eigenvalue weighted by Gasteiger charge is 2.14. The average molecular weight is 323 g/mol. The Hall–Kier alpha value is -2.95. The third-order valence-corrected chi connectivity index (χ3v) is 4.18. The maximum atomic E-state index is 5.46. The zero-order chi connectivity index (χ0) is 16.5. The summed E-state index contributed by atoms with van der Waals surface area (Å²) in [5, 5.41) is 2.12. The molecule has 0 atom stereocenters. The summed E-state index contributed by atoms with van der Waals surface area (Å²) >= 11 is 0. The van der Waals surface area contributed by atoms with E-state index in [1.807, 2.05) is 42.7 Å². The molecule has 2 aromatic carbocycles. The van der Waals surface area contributed by atoms with E-state index in [0.717, 1.165) is 39.8 Å². The lowest BCUT2D eigenvalue weighted by atomic mass is 10.00. The van der Waals surface area contributed by atoms with E-state index in [9.17, 15) is 0 Å². The van der Waals surface area contributed by atoms with Crippen molar-refractivity contribution in [2.45, 2.75) is 6.42 Å². The molecule has 24 heavy (non-hydrogen) atoms. The molecule has 0 saturated carbocycles. The summed E-state index contributed by atoms with van der Waals surface area (Å²) in [6.07, 6.45) is 4.47. The first-order valence-corrected chi connectivity index (χ1v) is 7.65. The minimum Gasteiger partial charge on any atom is -0.493 e. The molecule has 2 heterocycles. The van der Waals surface area contributed by atoms with Crippen LogP contribution < -0.4 is 18.9 Å². The Bertz CT molecular complexity index is 907. The number of hydrogen-bond donors (Lipinski definition) is 0. The maximum absolute atomic E-state index is 5.46. The van der Waals surface area contributed by atoms with Crippen molar-refractivity contribution >= 4 is 10.8 Å². The highest BCUT2D eigenvalue weighted by Crippen LogP contribution is 2.36. The fraction of sp³-hybridized carbons (Fsp3) is 0.211. The van der Waals surface area contributed by atoms with Crippen LogP contribution in [0.4, 0.5) is 0 Å². The molecule has 4 rings (SSSR count). The Balaban J connectivity index is 1.76. The zero-order valence-corrected chi connectivity index (χ0v) is 13.5. The molecule has 0 unspecified atom stereocenters. The summed E-state index contributed by atoms with van der Waals surface area (Å²) in [5.41, 5.74) is 2.26. The molecule has 0 saturated heterocycles. The van der Waals surface area contributed by atoms with Crippen LogP contribution in [0.1, 0.15) is 11.1 Å². The number of ether oxygens (including phenoxy) is 4. The second-order valence-electron chi connectivity index (χ2n) is 5.59. The third kappa shape index (κ3) is 2.48. The van der Waals surface area contributed by atoms with E-state index in [1.54, 1.807) is 14.2 Å². The smallest absolute Gasteiger partial charge is 0.231 e. The van der Waals surface area contributed by atoms with Gasteiger partial charge in [0.2, 0.25) is 6.79 Å². The van der Waals surface area contributed by atoms with Crippen molar-refractivity contribution in [2.24, 2.45) is 0 Å². The maximum Gasteiger partial charge on any atom is 0.231 e. The Morgan fingerprint density at radius 2 is 1.75 bits per heavy atom. The number of benzene rings is 2. The van der Waals surface area contributed by atoms with Gasteiger partial charge in [-0.3, -0.25) is 4.98 Å². The lowest BCUT2D eigenvalue weighted by molar-refractivity contribution is 0.174. The molecule has 5 nitrogen and oxygen atoms in total. The van der Waals surface area contributed by atoms with Gasteiger partial charge >= 0.3 is 0 Å². The van der Waals surface area contributed by atoms with Crippen molar-refractivity contribution in [3.63, 3.8) is 0 Å². The SMILES string of the molecule is COc1cc2cncc(Cc3ccc4c(c3)OCO4)c2cc1OC. The molecule has 5 heteroatoms. The second kappa shape index (κ2) is 5.92. The van der Waals surface area contributed by atoms with Gasteiger partial charge in [0.1, 0.15) is 0 Å². The van der Waals surface area contributed by atoms with Crippen LogP contribution >= 0.6 is 0 Å². The van der Waals surface area contributed by atoms with E-state index in [2.05, 4.69) is 4.98 Å². The van der Waals surface area contributed by atoms with E-state index < -0.39 is 0 Å². The Labute approximate surface area is 139 Å². The van der Waals surface area contributed by atoms with Gasteiger partial charge in [-0.15, -0.1) is 0 Å². The van der Waals surface area contributed by atoms with Crippen LogP contribution in [0.3, 0.4) is 0 Å². The number of rotatable bonds is 4. The van der Waals surface area contributed by atoms with Crippen molar-refractivity contribution in [3.8, 4) is 23.0 Å². The molecule has 3 aromatic rings. The predicted octanol–water partition coefficient (Wildman–Crippen LogP) is 3.57. The topological polar surface area (TPSA) is 49.8 Å². The summed E-state index contributed by atoms with van der Waals surface area (Å²) in [7, 11) is 3.27. The van der Waals surface area contributed by atoms with Crippen molar-refractivity contribution in [1.29, 1.82) is 0 Å². The monoisotopic (exact) mass is 323 g/mol. The molecule has 0 radical (unpaired) electrons. The predicted molar refractivity (Wildman–Crippen MR) is 90.2 cm³/mol. The fourth-order valence-electron chi connectivity index (χ4n) is 2.97. The minimum absolute atomic E-state index is 0.283. The normalized spacial score (nSPS) is 12.4. The molecule has 0 aliphatic carbocycles. The van der Waals surface area contributed by atoms with E-state index in [1.165, 1.54) is 0 Å². The molecular formula is C19H17NO4. The average Bonchev–Trinajstić information content (AvgIpc) is 3.08. The molecule has 0 amide bonds.